The van der Waals surface area contributed by atoms with Gasteiger partial charge in [-0.2, -0.15) is 16.8 Å². The first kappa shape index (κ1) is 27.9. The van der Waals surface area contributed by atoms with Gasteiger partial charge in [-0.3, -0.25) is 0 Å². The zero-order valence-corrected chi connectivity index (χ0v) is 24.2. The van der Waals surface area contributed by atoms with Crippen LogP contribution in [0.4, 0.5) is 0 Å². The second-order valence-corrected chi connectivity index (χ2v) is 13.8. The fourth-order valence-electron chi connectivity index (χ4n) is 4.55. The normalized spacial score (nSPS) is 19.2. The van der Waals surface area contributed by atoms with Crippen molar-refractivity contribution in [2.24, 2.45) is 0 Å². The fourth-order valence-corrected chi connectivity index (χ4v) is 6.92. The maximum Gasteiger partial charge on any atom is 0.339 e. The summed E-state index contributed by atoms with van der Waals surface area (Å²) in [5.74, 6) is -0.166. The molecule has 202 valence electrons. The van der Waals surface area contributed by atoms with Crippen molar-refractivity contribution in [3.8, 4) is 11.5 Å². The Hall–Kier alpha value is -3.15. The predicted octanol–water partition coefficient (Wildman–Crippen LogP) is 4.70. The zero-order valence-electron chi connectivity index (χ0n) is 21.7. The minimum atomic E-state index is -4.26. The SMILES string of the molecule is Cc1ccc(S(=O)(=O)Oc2ccc([C@]3(C)CC(C)(C)NC(=S)N3)c(OS(=O)(=O)c3ccc(C)cc3)c2)cc1. The van der Waals surface area contributed by atoms with Crippen LogP contribution in [0.25, 0.3) is 0 Å². The Bertz CT molecular complexity index is 1580. The summed E-state index contributed by atoms with van der Waals surface area (Å²) in [7, 11) is -8.44. The van der Waals surface area contributed by atoms with Crippen LogP contribution in [0.5, 0.6) is 11.5 Å². The highest BCUT2D eigenvalue weighted by Crippen LogP contribution is 2.41. The van der Waals surface area contributed by atoms with Gasteiger partial charge < -0.3 is 19.0 Å². The third kappa shape index (κ3) is 6.11. The van der Waals surface area contributed by atoms with Gasteiger partial charge in [0.25, 0.3) is 0 Å². The van der Waals surface area contributed by atoms with E-state index in [4.69, 9.17) is 20.6 Å². The maximum absolute atomic E-state index is 13.3. The largest absolute Gasteiger partial charge is 0.379 e. The molecule has 38 heavy (non-hydrogen) atoms. The lowest BCUT2D eigenvalue weighted by atomic mass is 9.78. The Morgan fingerprint density at radius 1 is 0.737 bits per heavy atom. The van der Waals surface area contributed by atoms with Crippen LogP contribution in [-0.2, 0) is 25.8 Å². The zero-order chi connectivity index (χ0) is 27.9. The van der Waals surface area contributed by atoms with Crippen molar-refractivity contribution in [1.82, 2.24) is 10.6 Å². The summed E-state index contributed by atoms with van der Waals surface area (Å²) >= 11 is 5.42. The Balaban J connectivity index is 1.79. The molecule has 0 saturated carbocycles. The Morgan fingerprint density at radius 3 is 1.74 bits per heavy atom. The average molecular weight is 575 g/mol. The van der Waals surface area contributed by atoms with E-state index in [2.05, 4.69) is 10.6 Å². The number of aryl methyl sites for hydroxylation is 2. The molecule has 0 unspecified atom stereocenters. The van der Waals surface area contributed by atoms with Crippen molar-refractivity contribution in [3.63, 3.8) is 0 Å². The highest BCUT2D eigenvalue weighted by Gasteiger charge is 2.42. The molecule has 1 atom stereocenters. The molecule has 2 N–H and O–H groups in total. The summed E-state index contributed by atoms with van der Waals surface area (Å²) in [5.41, 5.74) is 1.02. The molecule has 1 heterocycles. The van der Waals surface area contributed by atoms with Crippen LogP contribution < -0.4 is 19.0 Å². The summed E-state index contributed by atoms with van der Waals surface area (Å²) in [4.78, 5) is -0.0621. The van der Waals surface area contributed by atoms with Crippen molar-refractivity contribution >= 4 is 37.6 Å². The number of hydrogen-bond donors (Lipinski definition) is 2. The van der Waals surface area contributed by atoms with Crippen molar-refractivity contribution in [1.29, 1.82) is 0 Å². The van der Waals surface area contributed by atoms with E-state index in [0.29, 0.717) is 17.1 Å². The Kier molecular flexibility index (Phi) is 7.24. The van der Waals surface area contributed by atoms with Crippen LogP contribution in [0.3, 0.4) is 0 Å². The van der Waals surface area contributed by atoms with Gasteiger partial charge >= 0.3 is 20.2 Å². The first-order valence-electron chi connectivity index (χ1n) is 11.9. The van der Waals surface area contributed by atoms with Gasteiger partial charge in [0.1, 0.15) is 15.5 Å². The molecule has 3 aromatic carbocycles. The van der Waals surface area contributed by atoms with E-state index < -0.39 is 31.3 Å². The standard InChI is InChI=1S/C27H30N2O6S3/c1-18-6-11-21(12-7-18)37(30,31)34-20-10-15-23(27(5)17-26(3,4)28-25(36)29-27)24(16-20)35-38(32,33)22-13-8-19(2)9-14-22/h6-16H,17H2,1-5H3,(H2,28,29,36)/t27-/m0/s1. The number of hydrogen-bond acceptors (Lipinski definition) is 7. The van der Waals surface area contributed by atoms with Crippen LogP contribution in [0.1, 0.15) is 43.9 Å². The first-order chi connectivity index (χ1) is 17.6. The summed E-state index contributed by atoms with van der Waals surface area (Å²) in [6.45, 7) is 9.53. The summed E-state index contributed by atoms with van der Waals surface area (Å²) < 4.78 is 63.4. The fraction of sp³-hybridized carbons (Fsp3) is 0.296. The van der Waals surface area contributed by atoms with Crippen LogP contribution in [-0.4, -0.2) is 27.5 Å². The minimum absolute atomic E-state index is 0.0268. The molecule has 0 aromatic heterocycles. The second-order valence-electron chi connectivity index (χ2n) is 10.3. The van der Waals surface area contributed by atoms with Crippen molar-refractivity contribution in [2.75, 3.05) is 0 Å². The monoisotopic (exact) mass is 574 g/mol. The van der Waals surface area contributed by atoms with Crippen LogP contribution in [0.15, 0.2) is 76.5 Å². The molecule has 0 spiro atoms. The quantitative estimate of drug-likeness (QED) is 0.306. The summed E-state index contributed by atoms with van der Waals surface area (Å²) in [6.07, 6.45) is 0.517. The van der Waals surface area contributed by atoms with Crippen LogP contribution in [0, 0.1) is 13.8 Å². The Morgan fingerprint density at radius 2 is 1.24 bits per heavy atom. The van der Waals surface area contributed by atoms with E-state index in [-0.39, 0.29) is 21.3 Å². The molecule has 0 amide bonds. The molecule has 4 rings (SSSR count). The number of nitrogens with one attached hydrogen (secondary N) is 2. The third-order valence-corrected chi connectivity index (χ3v) is 8.92. The van der Waals surface area contributed by atoms with E-state index in [1.165, 1.54) is 36.4 Å². The molecule has 1 aliphatic heterocycles. The molecule has 3 aromatic rings. The van der Waals surface area contributed by atoms with Gasteiger partial charge in [0.05, 0.1) is 5.54 Å². The van der Waals surface area contributed by atoms with Crippen LogP contribution >= 0.6 is 12.2 Å². The lowest BCUT2D eigenvalue weighted by molar-refractivity contribution is 0.249. The smallest absolute Gasteiger partial charge is 0.339 e. The van der Waals surface area contributed by atoms with Crippen molar-refractivity contribution in [2.45, 2.75) is 61.9 Å². The van der Waals surface area contributed by atoms with E-state index >= 15 is 0 Å². The lowest BCUT2D eigenvalue weighted by Crippen LogP contribution is -2.63. The minimum Gasteiger partial charge on any atom is -0.379 e. The lowest BCUT2D eigenvalue weighted by Gasteiger charge is -2.46. The van der Waals surface area contributed by atoms with Gasteiger partial charge in [-0.15, -0.1) is 0 Å². The topological polar surface area (TPSA) is 111 Å². The van der Waals surface area contributed by atoms with E-state index in [1.54, 1.807) is 30.3 Å². The van der Waals surface area contributed by atoms with Crippen molar-refractivity contribution in [3.05, 3.63) is 83.4 Å². The number of thiocarbonyl (C=S) groups is 1. The molecule has 11 heteroatoms. The van der Waals surface area contributed by atoms with Crippen LogP contribution in [0.2, 0.25) is 0 Å². The van der Waals surface area contributed by atoms with Gasteiger partial charge in [0, 0.05) is 17.2 Å². The maximum atomic E-state index is 13.3. The second kappa shape index (κ2) is 9.87. The van der Waals surface area contributed by atoms with E-state index in [1.807, 2.05) is 34.6 Å². The number of benzene rings is 3. The van der Waals surface area contributed by atoms with Gasteiger partial charge in [0.2, 0.25) is 0 Å². The van der Waals surface area contributed by atoms with Gasteiger partial charge in [0.15, 0.2) is 10.9 Å². The number of rotatable bonds is 7. The molecule has 1 fully saturated rings. The molecule has 8 nitrogen and oxygen atoms in total. The highest BCUT2D eigenvalue weighted by molar-refractivity contribution is 7.87. The molecular weight excluding hydrogens is 545 g/mol. The molecule has 0 bridgehead atoms. The Labute approximate surface area is 229 Å². The van der Waals surface area contributed by atoms with E-state index in [9.17, 15) is 16.8 Å². The summed E-state index contributed by atoms with van der Waals surface area (Å²) in [5, 5.41) is 6.83. The molecule has 0 aliphatic carbocycles. The highest BCUT2D eigenvalue weighted by atomic mass is 32.2. The van der Waals surface area contributed by atoms with Gasteiger partial charge in [-0.05, 0) is 89.7 Å². The van der Waals surface area contributed by atoms with Crippen molar-refractivity contribution < 1.29 is 25.2 Å². The average Bonchev–Trinajstić information content (AvgIpc) is 2.77. The first-order valence-corrected chi connectivity index (χ1v) is 15.1. The molecule has 0 radical (unpaired) electrons. The molecular formula is C27H30N2O6S3. The summed E-state index contributed by atoms with van der Waals surface area (Å²) in [6, 6.07) is 16.8. The van der Waals surface area contributed by atoms with Gasteiger partial charge in [-0.25, -0.2) is 0 Å². The van der Waals surface area contributed by atoms with E-state index in [0.717, 1.165) is 11.1 Å². The molecule has 1 saturated heterocycles. The van der Waals surface area contributed by atoms with Gasteiger partial charge in [-0.1, -0.05) is 35.4 Å². The third-order valence-electron chi connectivity index (χ3n) is 6.21. The molecule has 1 aliphatic rings. The predicted molar refractivity (Wildman–Crippen MR) is 149 cm³/mol.